The lowest BCUT2D eigenvalue weighted by Crippen LogP contribution is -2.40. The third-order valence-electron chi connectivity index (χ3n) is 8.86. The molecule has 0 aromatic carbocycles. The molecular weight excluding hydrogens is 484 g/mol. The topological polar surface area (TPSA) is 118 Å². The highest BCUT2D eigenvalue weighted by atomic mass is 31.2. The summed E-state index contributed by atoms with van der Waals surface area (Å²) in [5.74, 6) is 0.00181. The molecule has 0 spiro atoms. The van der Waals surface area contributed by atoms with Crippen molar-refractivity contribution in [2.75, 3.05) is 12.5 Å². The summed E-state index contributed by atoms with van der Waals surface area (Å²) in [5, 5.41) is 0. The van der Waals surface area contributed by atoms with Gasteiger partial charge in [0.1, 0.15) is 14.7 Å². The average Bonchev–Trinajstić information content (AvgIpc) is 2.89. The maximum Gasteiger partial charge on any atom is 0.350 e. The summed E-state index contributed by atoms with van der Waals surface area (Å²) >= 11 is 0. The van der Waals surface area contributed by atoms with Crippen molar-refractivity contribution in [3.8, 4) is 0 Å². The fraction of sp³-hybridized carbons (Fsp3) is 0.760. The Hall–Kier alpha value is -0.880. The van der Waals surface area contributed by atoms with Gasteiger partial charge in [0.25, 0.3) is 0 Å². The molecule has 4 unspecified atom stereocenters. The van der Waals surface area contributed by atoms with Gasteiger partial charge in [-0.1, -0.05) is 59.6 Å². The van der Waals surface area contributed by atoms with Crippen molar-refractivity contribution in [2.45, 2.75) is 92.2 Å². The van der Waals surface area contributed by atoms with Crippen LogP contribution in [0.3, 0.4) is 0 Å². The van der Waals surface area contributed by atoms with Gasteiger partial charge < -0.3 is 18.8 Å². The number of hydrogen-bond donors (Lipinski definition) is 2. The molecule has 0 amide bonds. The Labute approximate surface area is 210 Å². The smallest absolute Gasteiger partial charge is 0.350 e. The number of hydrogen-bond acceptors (Lipinski definition) is 6. The third kappa shape index (κ3) is 6.00. The normalized spacial score (nSPS) is 27.9. The van der Waals surface area contributed by atoms with Crippen molar-refractivity contribution >= 4 is 33.1 Å². The first-order chi connectivity index (χ1) is 16.0. The van der Waals surface area contributed by atoms with E-state index in [0.29, 0.717) is 12.0 Å². The average molecular weight is 529 g/mol. The lowest BCUT2D eigenvalue weighted by molar-refractivity contribution is 0.0586. The molecule has 2 fully saturated rings. The number of nitrogens with zero attached hydrogens (tertiary/aromatic N) is 2. The molecule has 1 aromatic heterocycles. The van der Waals surface area contributed by atoms with Gasteiger partial charge in [0.05, 0.1) is 18.6 Å². The van der Waals surface area contributed by atoms with Crippen molar-refractivity contribution in [2.24, 2.45) is 16.7 Å². The van der Waals surface area contributed by atoms with Crippen LogP contribution in [0.2, 0.25) is 0 Å². The maximum atomic E-state index is 12.9. The molecule has 1 heterocycles. The van der Waals surface area contributed by atoms with Crippen molar-refractivity contribution in [3.63, 3.8) is 0 Å². The van der Waals surface area contributed by atoms with E-state index in [1.54, 1.807) is 4.57 Å². The van der Waals surface area contributed by atoms with Crippen molar-refractivity contribution in [1.29, 1.82) is 0 Å². The molecule has 0 bridgehead atoms. The SMILES string of the molecule is C=P(O)(CP(=C)(O)OC1CCCCC1)OCC1CC(n2c(C)c(C)c([NH])nc2=O)C(C)(C)C1(C)C. The number of aromatic nitrogens is 2. The summed E-state index contributed by atoms with van der Waals surface area (Å²) < 4.78 is 13.7. The van der Waals surface area contributed by atoms with E-state index in [2.05, 4.69) is 45.3 Å². The predicted octanol–water partition coefficient (Wildman–Crippen LogP) is 5.26. The first kappa shape index (κ1) is 28.7. The number of nitrogens with one attached hydrogen (secondary N) is 1. The van der Waals surface area contributed by atoms with Crippen LogP contribution in [0.5, 0.6) is 0 Å². The lowest BCUT2D eigenvalue weighted by atomic mass is 9.66. The summed E-state index contributed by atoms with van der Waals surface area (Å²) in [4.78, 5) is 38.7. The van der Waals surface area contributed by atoms with E-state index in [-0.39, 0.29) is 47.2 Å². The Kier molecular flexibility index (Phi) is 8.29. The van der Waals surface area contributed by atoms with Crippen LogP contribution < -0.4 is 11.4 Å². The molecule has 1 aromatic rings. The monoisotopic (exact) mass is 528 g/mol. The minimum Gasteiger partial charge on any atom is -0.353 e. The van der Waals surface area contributed by atoms with Crippen LogP contribution in [0.15, 0.2) is 4.79 Å². The largest absolute Gasteiger partial charge is 0.353 e. The minimum absolute atomic E-state index is 0.0105. The second-order valence-electron chi connectivity index (χ2n) is 11.7. The van der Waals surface area contributed by atoms with E-state index in [0.717, 1.165) is 31.4 Å². The van der Waals surface area contributed by atoms with E-state index < -0.39 is 20.4 Å². The van der Waals surface area contributed by atoms with Crippen LogP contribution in [0.25, 0.3) is 0 Å². The van der Waals surface area contributed by atoms with E-state index in [1.807, 2.05) is 13.8 Å². The summed E-state index contributed by atoms with van der Waals surface area (Å²) in [6.45, 7) is 12.6. The Morgan fingerprint density at radius 1 is 1.09 bits per heavy atom. The van der Waals surface area contributed by atoms with Crippen molar-refractivity contribution < 1.29 is 18.8 Å². The van der Waals surface area contributed by atoms with E-state index in [4.69, 9.17) is 14.8 Å². The molecule has 10 heteroatoms. The van der Waals surface area contributed by atoms with Gasteiger partial charge in [-0.15, -0.1) is 0 Å². The van der Waals surface area contributed by atoms with Gasteiger partial charge in [-0.25, -0.2) is 4.79 Å². The highest BCUT2D eigenvalue weighted by molar-refractivity contribution is 7.80. The van der Waals surface area contributed by atoms with E-state index >= 15 is 0 Å². The van der Waals surface area contributed by atoms with Crippen LogP contribution in [0.4, 0.5) is 5.82 Å². The summed E-state index contributed by atoms with van der Waals surface area (Å²) in [6, 6.07) is -0.131. The van der Waals surface area contributed by atoms with Gasteiger partial charge >= 0.3 is 5.69 Å². The van der Waals surface area contributed by atoms with E-state index in [9.17, 15) is 14.6 Å². The number of rotatable bonds is 8. The Balaban J connectivity index is 1.75. The predicted molar refractivity (Wildman–Crippen MR) is 147 cm³/mol. The van der Waals surface area contributed by atoms with Gasteiger partial charge in [0.15, 0.2) is 5.82 Å². The molecule has 2 saturated carbocycles. The van der Waals surface area contributed by atoms with Crippen LogP contribution in [0.1, 0.15) is 83.5 Å². The van der Waals surface area contributed by atoms with Gasteiger partial charge in [-0.3, -0.25) is 10.3 Å². The first-order valence-electron chi connectivity index (χ1n) is 12.5. The van der Waals surface area contributed by atoms with Crippen LogP contribution in [0, 0.1) is 30.6 Å². The zero-order chi connectivity index (χ0) is 26.4. The zero-order valence-electron chi connectivity index (χ0n) is 22.2. The molecule has 3 rings (SSSR count). The molecule has 8 nitrogen and oxygen atoms in total. The standard InChI is InChI=1S/C25H44N3O5P2/c1-17-18(2)28(23(29)27-22(17)26)21-14-19(24(3,4)25(21,5)6)15-32-34(7,30)16-35(8,31)33-20-12-10-9-11-13-20/h19-21,26,30-31H,7-16H2,1-6H3. The fourth-order valence-corrected chi connectivity index (χ4v) is 10.3. The first-order valence-corrected chi connectivity index (χ1v) is 16.6. The quantitative estimate of drug-likeness (QED) is 0.445. The molecular formula is C25H44N3O5P2. The van der Waals surface area contributed by atoms with Gasteiger partial charge in [0.2, 0.25) is 0 Å². The van der Waals surface area contributed by atoms with Crippen LogP contribution in [-0.2, 0) is 9.05 Å². The minimum atomic E-state index is -3.15. The molecule has 2 aliphatic rings. The second-order valence-corrected chi connectivity index (χ2v) is 16.7. The molecule has 0 saturated heterocycles. The molecule has 35 heavy (non-hydrogen) atoms. The molecule has 2 aliphatic carbocycles. The van der Waals surface area contributed by atoms with Gasteiger partial charge in [0, 0.05) is 17.3 Å². The third-order valence-corrected chi connectivity index (χ3v) is 13.7. The molecule has 1 radical (unpaired) electrons. The Morgan fingerprint density at radius 2 is 1.69 bits per heavy atom. The maximum absolute atomic E-state index is 12.9. The van der Waals surface area contributed by atoms with E-state index in [1.165, 1.54) is 6.42 Å². The summed E-state index contributed by atoms with van der Waals surface area (Å²) in [5.41, 5.74) is 8.51. The lowest BCUT2D eigenvalue weighted by Gasteiger charge is -2.42. The Morgan fingerprint density at radius 3 is 2.29 bits per heavy atom. The molecule has 3 N–H and O–H groups in total. The second kappa shape index (κ2) is 10.1. The summed E-state index contributed by atoms with van der Waals surface area (Å²) in [7, 11) is -6.20. The van der Waals surface area contributed by atoms with Crippen molar-refractivity contribution in [1.82, 2.24) is 15.3 Å². The molecule has 199 valence electrons. The van der Waals surface area contributed by atoms with Gasteiger partial charge in [-0.05, 0) is 49.9 Å². The zero-order valence-corrected chi connectivity index (χ0v) is 24.0. The molecule has 4 atom stereocenters. The van der Waals surface area contributed by atoms with Crippen LogP contribution >= 0.6 is 14.7 Å². The highest BCUT2D eigenvalue weighted by Gasteiger charge is 2.56. The molecule has 0 aliphatic heterocycles. The van der Waals surface area contributed by atoms with Crippen LogP contribution in [-0.4, -0.2) is 50.6 Å². The highest BCUT2D eigenvalue weighted by Crippen LogP contribution is 2.63. The van der Waals surface area contributed by atoms with Crippen molar-refractivity contribution in [3.05, 3.63) is 21.7 Å². The summed E-state index contributed by atoms with van der Waals surface area (Å²) in [6.07, 6.45) is 13.7. The van der Waals surface area contributed by atoms with Gasteiger partial charge in [-0.2, -0.15) is 4.98 Å². The fourth-order valence-electron chi connectivity index (χ4n) is 5.71. The Bertz CT molecular complexity index is 1090.